The highest BCUT2D eigenvalue weighted by molar-refractivity contribution is 5.85. The second-order valence-electron chi connectivity index (χ2n) is 9.23. The molecule has 2 heterocycles. The fourth-order valence-corrected chi connectivity index (χ4v) is 4.06. The topological polar surface area (TPSA) is 44.2 Å². The van der Waals surface area contributed by atoms with E-state index < -0.39 is 0 Å². The van der Waals surface area contributed by atoms with E-state index in [4.69, 9.17) is 14.5 Å². The number of benzene rings is 2. The molecular weight excluding hydrogens is 396 g/mol. The Labute approximate surface area is 190 Å². The molecule has 0 atom stereocenters. The minimum atomic E-state index is 0.0919. The number of aromatic nitrogens is 2. The molecular formula is C28H30N2O2. The van der Waals surface area contributed by atoms with Crippen LogP contribution >= 0.6 is 0 Å². The van der Waals surface area contributed by atoms with E-state index >= 15 is 0 Å². The first-order valence-corrected chi connectivity index (χ1v) is 10.9. The monoisotopic (exact) mass is 426 g/mol. The van der Waals surface area contributed by atoms with E-state index in [1.807, 2.05) is 36.4 Å². The summed E-state index contributed by atoms with van der Waals surface area (Å²) in [5.74, 6) is 1.24. The van der Waals surface area contributed by atoms with Gasteiger partial charge in [-0.15, -0.1) is 0 Å². The number of methoxy groups -OCH3 is 1. The third-order valence-electron chi connectivity index (χ3n) is 5.69. The highest BCUT2D eigenvalue weighted by Gasteiger charge is 2.19. The maximum Gasteiger partial charge on any atom is 0.213 e. The SMILES string of the molecule is COc1ccc2nc(-c3cc(C)c(C(C)(C)C)cc3C)cc(OCc3ccccc3)c2n1. The maximum atomic E-state index is 6.26. The summed E-state index contributed by atoms with van der Waals surface area (Å²) in [6, 6.07) is 20.4. The van der Waals surface area contributed by atoms with Crippen molar-refractivity contribution in [2.24, 2.45) is 0 Å². The number of pyridine rings is 2. The fourth-order valence-electron chi connectivity index (χ4n) is 4.06. The van der Waals surface area contributed by atoms with Crippen molar-refractivity contribution in [2.45, 2.75) is 46.6 Å². The Morgan fingerprint density at radius 3 is 2.28 bits per heavy atom. The van der Waals surface area contributed by atoms with Crippen LogP contribution in [0.5, 0.6) is 11.6 Å². The van der Waals surface area contributed by atoms with Gasteiger partial charge in [0.25, 0.3) is 0 Å². The van der Waals surface area contributed by atoms with Crippen LogP contribution in [0, 0.1) is 13.8 Å². The number of nitrogens with zero attached hydrogens (tertiary/aromatic N) is 2. The van der Waals surface area contributed by atoms with Gasteiger partial charge in [0.05, 0.1) is 18.3 Å². The third-order valence-corrected chi connectivity index (χ3v) is 5.69. The molecule has 0 aliphatic rings. The minimum Gasteiger partial charge on any atom is -0.486 e. The minimum absolute atomic E-state index is 0.0919. The molecule has 4 nitrogen and oxygen atoms in total. The molecule has 0 bridgehead atoms. The van der Waals surface area contributed by atoms with E-state index in [0.29, 0.717) is 23.8 Å². The molecule has 0 fully saturated rings. The van der Waals surface area contributed by atoms with Gasteiger partial charge in [-0.05, 0) is 53.6 Å². The van der Waals surface area contributed by atoms with Gasteiger partial charge in [-0.3, -0.25) is 0 Å². The maximum absolute atomic E-state index is 6.26. The molecule has 32 heavy (non-hydrogen) atoms. The van der Waals surface area contributed by atoms with Crippen LogP contribution in [0.1, 0.15) is 43.0 Å². The summed E-state index contributed by atoms with van der Waals surface area (Å²) in [5.41, 5.74) is 8.48. The van der Waals surface area contributed by atoms with Crippen molar-refractivity contribution >= 4 is 11.0 Å². The molecule has 2 aromatic carbocycles. The van der Waals surface area contributed by atoms with Gasteiger partial charge >= 0.3 is 0 Å². The summed E-state index contributed by atoms with van der Waals surface area (Å²) < 4.78 is 11.6. The van der Waals surface area contributed by atoms with Crippen LogP contribution in [0.15, 0.2) is 60.7 Å². The largest absolute Gasteiger partial charge is 0.486 e. The molecule has 0 N–H and O–H groups in total. The number of rotatable bonds is 5. The number of fused-ring (bicyclic) bond motifs is 1. The Hall–Kier alpha value is -3.40. The van der Waals surface area contributed by atoms with Crippen molar-refractivity contribution in [3.63, 3.8) is 0 Å². The summed E-state index contributed by atoms with van der Waals surface area (Å²) in [6.07, 6.45) is 0. The Morgan fingerprint density at radius 2 is 1.59 bits per heavy atom. The molecule has 164 valence electrons. The van der Waals surface area contributed by atoms with Crippen molar-refractivity contribution in [3.8, 4) is 22.9 Å². The molecule has 4 heteroatoms. The molecule has 0 aliphatic carbocycles. The van der Waals surface area contributed by atoms with E-state index in [2.05, 4.69) is 63.9 Å². The van der Waals surface area contributed by atoms with Gasteiger partial charge < -0.3 is 9.47 Å². The highest BCUT2D eigenvalue weighted by Crippen LogP contribution is 2.35. The van der Waals surface area contributed by atoms with Crippen molar-refractivity contribution in [1.82, 2.24) is 9.97 Å². The van der Waals surface area contributed by atoms with Crippen LogP contribution < -0.4 is 9.47 Å². The van der Waals surface area contributed by atoms with Gasteiger partial charge in [0, 0.05) is 17.7 Å². The normalized spacial score (nSPS) is 11.6. The van der Waals surface area contributed by atoms with Crippen LogP contribution in [0.25, 0.3) is 22.3 Å². The molecule has 0 aliphatic heterocycles. The van der Waals surface area contributed by atoms with E-state index in [1.54, 1.807) is 7.11 Å². The summed E-state index contributed by atoms with van der Waals surface area (Å²) in [4.78, 5) is 9.55. The summed E-state index contributed by atoms with van der Waals surface area (Å²) in [7, 11) is 1.61. The van der Waals surface area contributed by atoms with E-state index in [1.165, 1.54) is 16.7 Å². The molecule has 4 rings (SSSR count). The number of ether oxygens (including phenoxy) is 2. The highest BCUT2D eigenvalue weighted by atomic mass is 16.5. The van der Waals surface area contributed by atoms with Crippen LogP contribution in [-0.2, 0) is 12.0 Å². The predicted octanol–water partition coefficient (Wildman–Crippen LogP) is 6.80. The first-order chi connectivity index (χ1) is 15.3. The predicted molar refractivity (Wildman–Crippen MR) is 130 cm³/mol. The standard InChI is InChI=1S/C28H30N2O2/c1-18-15-22(28(3,4)5)19(2)14-21(18)24-16-25(32-17-20-10-8-7-9-11-20)27-23(29-24)12-13-26(30-27)31-6/h7-16H,17H2,1-6H3. The molecule has 0 radical (unpaired) electrons. The summed E-state index contributed by atoms with van der Waals surface area (Å²) in [6.45, 7) is 11.5. The quantitative estimate of drug-likeness (QED) is 0.352. The Balaban J connectivity index is 1.83. The van der Waals surface area contributed by atoms with Crippen LogP contribution in [0.4, 0.5) is 0 Å². The lowest BCUT2D eigenvalue weighted by Crippen LogP contribution is -2.13. The van der Waals surface area contributed by atoms with E-state index in [9.17, 15) is 0 Å². The molecule has 0 saturated carbocycles. The lowest BCUT2D eigenvalue weighted by atomic mass is 9.82. The molecule has 0 spiro atoms. The molecule has 0 saturated heterocycles. The van der Waals surface area contributed by atoms with E-state index in [-0.39, 0.29) is 5.41 Å². The average Bonchev–Trinajstić information content (AvgIpc) is 2.78. The fraction of sp³-hybridized carbons (Fsp3) is 0.286. The van der Waals surface area contributed by atoms with Gasteiger partial charge in [-0.25, -0.2) is 9.97 Å². The zero-order chi connectivity index (χ0) is 22.9. The van der Waals surface area contributed by atoms with Crippen molar-refractivity contribution < 1.29 is 9.47 Å². The summed E-state index contributed by atoms with van der Waals surface area (Å²) in [5, 5.41) is 0. The van der Waals surface area contributed by atoms with Crippen molar-refractivity contribution in [1.29, 1.82) is 0 Å². The number of hydrogen-bond donors (Lipinski definition) is 0. The van der Waals surface area contributed by atoms with Gasteiger partial charge in [0.2, 0.25) is 5.88 Å². The smallest absolute Gasteiger partial charge is 0.213 e. The van der Waals surface area contributed by atoms with Gasteiger partial charge in [-0.2, -0.15) is 0 Å². The molecule has 4 aromatic rings. The first kappa shape index (κ1) is 21.8. The number of hydrogen-bond acceptors (Lipinski definition) is 4. The van der Waals surface area contributed by atoms with Crippen molar-refractivity contribution in [2.75, 3.05) is 7.11 Å². The Morgan fingerprint density at radius 1 is 0.844 bits per heavy atom. The average molecular weight is 427 g/mol. The molecule has 0 unspecified atom stereocenters. The lowest BCUT2D eigenvalue weighted by molar-refractivity contribution is 0.309. The summed E-state index contributed by atoms with van der Waals surface area (Å²) >= 11 is 0. The Kier molecular flexibility index (Phi) is 5.88. The van der Waals surface area contributed by atoms with Crippen LogP contribution in [-0.4, -0.2) is 17.1 Å². The number of aryl methyl sites for hydroxylation is 2. The molecule has 2 aromatic heterocycles. The van der Waals surface area contributed by atoms with Gasteiger partial charge in [0.1, 0.15) is 17.9 Å². The Bertz CT molecular complexity index is 1260. The van der Waals surface area contributed by atoms with Gasteiger partial charge in [0.15, 0.2) is 0 Å². The van der Waals surface area contributed by atoms with Crippen molar-refractivity contribution in [3.05, 3.63) is 82.9 Å². The second-order valence-corrected chi connectivity index (χ2v) is 9.23. The van der Waals surface area contributed by atoms with E-state index in [0.717, 1.165) is 22.3 Å². The van der Waals surface area contributed by atoms with Crippen LogP contribution in [0.2, 0.25) is 0 Å². The molecule has 0 amide bonds. The first-order valence-electron chi connectivity index (χ1n) is 10.9. The zero-order valence-electron chi connectivity index (χ0n) is 19.7. The van der Waals surface area contributed by atoms with Gasteiger partial charge in [-0.1, -0.05) is 57.2 Å². The third kappa shape index (κ3) is 4.45. The van der Waals surface area contributed by atoms with Crippen LogP contribution in [0.3, 0.4) is 0 Å². The second kappa shape index (κ2) is 8.62. The lowest BCUT2D eigenvalue weighted by Gasteiger charge is -2.23. The zero-order valence-corrected chi connectivity index (χ0v) is 19.7.